The van der Waals surface area contributed by atoms with Crippen LogP contribution < -0.4 is 10.6 Å². The maximum atomic E-state index is 14.2. The molecule has 0 aliphatic heterocycles. The molecule has 0 bridgehead atoms. The minimum atomic E-state index is -0.505. The summed E-state index contributed by atoms with van der Waals surface area (Å²) in [6, 6.07) is 23.6. The van der Waals surface area contributed by atoms with Gasteiger partial charge in [-0.2, -0.15) is 4.98 Å². The molecule has 0 unspecified atom stereocenters. The highest BCUT2D eigenvalue weighted by Gasteiger charge is 2.11. The fraction of sp³-hybridized carbons (Fsp3) is 0.125. The number of nitrogens with one attached hydrogen (secondary N) is 2. The molecule has 4 aromatic rings. The number of halogens is 1. The zero-order chi connectivity index (χ0) is 21.5. The number of carbonyl (C=O) groups is 1. The van der Waals surface area contributed by atoms with Crippen LogP contribution in [0.1, 0.15) is 22.8 Å². The first-order valence-electron chi connectivity index (χ1n) is 9.88. The van der Waals surface area contributed by atoms with Crippen LogP contribution in [0.25, 0.3) is 0 Å². The Bertz CT molecular complexity index is 1150. The van der Waals surface area contributed by atoms with E-state index >= 15 is 0 Å². The molecule has 0 fully saturated rings. The first kappa shape index (κ1) is 20.3. The summed E-state index contributed by atoms with van der Waals surface area (Å²) in [7, 11) is 0. The number of carbonyl (C=O) groups excluding carboxylic acids is 1. The normalized spacial score (nSPS) is 10.6. The van der Waals surface area contributed by atoms with Gasteiger partial charge in [-0.3, -0.25) is 4.79 Å². The lowest BCUT2D eigenvalue weighted by Crippen LogP contribution is -2.15. The summed E-state index contributed by atoms with van der Waals surface area (Å²) < 4.78 is 19.4. The second-order valence-corrected chi connectivity index (χ2v) is 7.03. The van der Waals surface area contributed by atoms with Crippen LogP contribution in [0.5, 0.6) is 0 Å². The summed E-state index contributed by atoms with van der Waals surface area (Å²) in [6.07, 6.45) is 0.753. The molecule has 0 spiro atoms. The number of aromatic nitrogens is 2. The monoisotopic (exact) mass is 416 g/mol. The minimum Gasteiger partial charge on any atom is -0.376 e. The van der Waals surface area contributed by atoms with E-state index in [-0.39, 0.29) is 24.6 Å². The van der Waals surface area contributed by atoms with E-state index < -0.39 is 5.82 Å². The van der Waals surface area contributed by atoms with E-state index in [4.69, 9.17) is 4.52 Å². The topological polar surface area (TPSA) is 80.0 Å². The van der Waals surface area contributed by atoms with E-state index in [1.807, 2.05) is 60.7 Å². The molecule has 0 aliphatic rings. The smallest absolute Gasteiger partial charge is 0.245 e. The largest absolute Gasteiger partial charge is 0.376 e. The van der Waals surface area contributed by atoms with Crippen molar-refractivity contribution in [2.24, 2.45) is 0 Å². The summed E-state index contributed by atoms with van der Waals surface area (Å²) in [5, 5.41) is 9.73. The second-order valence-electron chi connectivity index (χ2n) is 7.03. The molecule has 1 heterocycles. The third kappa shape index (κ3) is 5.76. The van der Waals surface area contributed by atoms with Gasteiger partial charge in [0.1, 0.15) is 5.82 Å². The minimum absolute atomic E-state index is 0.112. The van der Waals surface area contributed by atoms with Gasteiger partial charge in [0.05, 0.1) is 18.7 Å². The van der Waals surface area contributed by atoms with Crippen molar-refractivity contribution in [3.63, 3.8) is 0 Å². The van der Waals surface area contributed by atoms with Crippen LogP contribution in [0.15, 0.2) is 83.4 Å². The lowest BCUT2D eigenvalue weighted by Gasteiger charge is -2.10. The van der Waals surface area contributed by atoms with E-state index in [0.29, 0.717) is 23.8 Å². The van der Waals surface area contributed by atoms with Gasteiger partial charge in [0.25, 0.3) is 0 Å². The van der Waals surface area contributed by atoms with Crippen LogP contribution in [0.3, 0.4) is 0 Å². The summed E-state index contributed by atoms with van der Waals surface area (Å²) in [5.41, 5.74) is 2.69. The highest BCUT2D eigenvalue weighted by atomic mass is 19.1. The van der Waals surface area contributed by atoms with Crippen LogP contribution in [-0.2, 0) is 24.2 Å². The van der Waals surface area contributed by atoms with Crippen molar-refractivity contribution in [2.45, 2.75) is 19.4 Å². The van der Waals surface area contributed by atoms with Gasteiger partial charge in [0.2, 0.25) is 11.8 Å². The molecular formula is C24H21FN4O2. The van der Waals surface area contributed by atoms with Gasteiger partial charge in [-0.15, -0.1) is 0 Å². The molecule has 4 rings (SSSR count). The predicted molar refractivity (Wildman–Crippen MR) is 116 cm³/mol. The first-order valence-corrected chi connectivity index (χ1v) is 9.88. The van der Waals surface area contributed by atoms with Crippen molar-refractivity contribution in [2.75, 3.05) is 10.6 Å². The number of rotatable bonds is 8. The zero-order valence-corrected chi connectivity index (χ0v) is 16.7. The van der Waals surface area contributed by atoms with Gasteiger partial charge in [-0.1, -0.05) is 65.8 Å². The maximum absolute atomic E-state index is 14.2. The summed E-state index contributed by atoms with van der Waals surface area (Å²) in [6.45, 7) is 0.283. The lowest BCUT2D eigenvalue weighted by molar-refractivity contribution is -0.115. The fourth-order valence-electron chi connectivity index (χ4n) is 3.10. The molecule has 2 N–H and O–H groups in total. The first-order chi connectivity index (χ1) is 15.2. The molecule has 0 saturated carbocycles. The van der Waals surface area contributed by atoms with Crippen LogP contribution in [0.2, 0.25) is 0 Å². The lowest BCUT2D eigenvalue weighted by atomic mass is 10.1. The van der Waals surface area contributed by atoms with Gasteiger partial charge in [0, 0.05) is 12.1 Å². The van der Waals surface area contributed by atoms with Crippen LogP contribution >= 0.6 is 0 Å². The molecule has 0 radical (unpaired) electrons. The number of benzene rings is 3. The SMILES string of the molecule is O=C(Cc1ccccc1)Nc1cc(NCc2nc(Cc3ccccc3)no2)ccc1F. The standard InChI is InChI=1S/C24H21FN4O2/c25-20-12-11-19(15-21(20)27-23(30)14-18-9-5-2-6-10-18)26-16-24-28-22(29-31-24)13-17-7-3-1-4-8-17/h1-12,15,26H,13-14,16H2,(H,27,30). The molecule has 0 aliphatic carbocycles. The van der Waals surface area contributed by atoms with E-state index in [9.17, 15) is 9.18 Å². The maximum Gasteiger partial charge on any atom is 0.245 e. The number of anilines is 2. The molecule has 0 saturated heterocycles. The van der Waals surface area contributed by atoms with Crippen LogP contribution in [0, 0.1) is 5.82 Å². The Morgan fingerprint density at radius 2 is 1.65 bits per heavy atom. The summed E-state index contributed by atoms with van der Waals surface area (Å²) >= 11 is 0. The Kier molecular flexibility index (Phi) is 6.32. The zero-order valence-electron chi connectivity index (χ0n) is 16.7. The number of nitrogens with zero attached hydrogens (tertiary/aromatic N) is 2. The number of hydrogen-bond donors (Lipinski definition) is 2. The van der Waals surface area contributed by atoms with E-state index in [2.05, 4.69) is 20.8 Å². The Hall–Kier alpha value is -4.00. The van der Waals surface area contributed by atoms with Crippen LogP contribution in [-0.4, -0.2) is 16.0 Å². The Morgan fingerprint density at radius 3 is 2.39 bits per heavy atom. The Labute approximate surface area is 179 Å². The molecular weight excluding hydrogens is 395 g/mol. The van der Waals surface area contributed by atoms with Gasteiger partial charge < -0.3 is 15.2 Å². The van der Waals surface area contributed by atoms with Crippen LogP contribution in [0.4, 0.5) is 15.8 Å². The molecule has 31 heavy (non-hydrogen) atoms. The molecule has 0 atom stereocenters. The highest BCUT2D eigenvalue weighted by molar-refractivity contribution is 5.92. The average molecular weight is 416 g/mol. The molecule has 1 aromatic heterocycles. The van der Waals surface area contributed by atoms with Gasteiger partial charge in [0.15, 0.2) is 5.82 Å². The van der Waals surface area contributed by atoms with Gasteiger partial charge in [-0.05, 0) is 29.3 Å². The fourth-order valence-corrected chi connectivity index (χ4v) is 3.10. The predicted octanol–water partition coefficient (Wildman–Crippen LogP) is 4.59. The summed E-state index contributed by atoms with van der Waals surface area (Å²) in [5.74, 6) is 0.223. The van der Waals surface area contributed by atoms with Crippen molar-refractivity contribution in [3.8, 4) is 0 Å². The van der Waals surface area contributed by atoms with Gasteiger partial charge in [-0.25, -0.2) is 4.39 Å². The van der Waals surface area contributed by atoms with Crippen molar-refractivity contribution in [3.05, 3.63) is 108 Å². The molecule has 1 amide bonds. The summed E-state index contributed by atoms with van der Waals surface area (Å²) in [4.78, 5) is 16.6. The number of amides is 1. The number of hydrogen-bond acceptors (Lipinski definition) is 5. The molecule has 7 heteroatoms. The molecule has 6 nitrogen and oxygen atoms in total. The van der Waals surface area contributed by atoms with Crippen molar-refractivity contribution in [1.29, 1.82) is 0 Å². The van der Waals surface area contributed by atoms with E-state index in [0.717, 1.165) is 11.1 Å². The quantitative estimate of drug-likeness (QED) is 0.439. The van der Waals surface area contributed by atoms with Gasteiger partial charge >= 0.3 is 0 Å². The second kappa shape index (κ2) is 9.67. The van der Waals surface area contributed by atoms with E-state index in [1.54, 1.807) is 12.1 Å². The Morgan fingerprint density at radius 1 is 0.935 bits per heavy atom. The molecule has 3 aromatic carbocycles. The van der Waals surface area contributed by atoms with E-state index in [1.165, 1.54) is 6.07 Å². The Balaban J connectivity index is 1.35. The third-order valence-corrected chi connectivity index (χ3v) is 4.61. The third-order valence-electron chi connectivity index (χ3n) is 4.61. The van der Waals surface area contributed by atoms with Crippen molar-refractivity contribution in [1.82, 2.24) is 10.1 Å². The average Bonchev–Trinajstić information content (AvgIpc) is 3.23. The highest BCUT2D eigenvalue weighted by Crippen LogP contribution is 2.20. The van der Waals surface area contributed by atoms with Crippen molar-refractivity contribution >= 4 is 17.3 Å². The van der Waals surface area contributed by atoms with Crippen molar-refractivity contribution < 1.29 is 13.7 Å². The molecule has 156 valence electrons.